The summed E-state index contributed by atoms with van der Waals surface area (Å²) < 4.78 is 9.92. The van der Waals surface area contributed by atoms with E-state index in [0.29, 0.717) is 11.1 Å². The number of methoxy groups -OCH3 is 1. The van der Waals surface area contributed by atoms with Gasteiger partial charge < -0.3 is 9.15 Å². The van der Waals surface area contributed by atoms with Crippen LogP contribution in [0.15, 0.2) is 53.0 Å². The van der Waals surface area contributed by atoms with Crippen LogP contribution in [0.25, 0.3) is 11.1 Å². The molecular weight excluding hydrogens is 244 g/mol. The van der Waals surface area contributed by atoms with E-state index in [1.165, 1.54) is 13.2 Å². The topological polar surface area (TPSA) is 56.5 Å². The number of benzene rings is 1. The number of rotatable bonds is 2. The Morgan fingerprint density at radius 3 is 2.58 bits per heavy atom. The molecule has 0 saturated heterocycles. The van der Waals surface area contributed by atoms with Crippen LogP contribution in [0.5, 0.6) is 0 Å². The number of furan rings is 1. The number of allylic oxidation sites excluding steroid dienone is 2. The minimum atomic E-state index is -0.268. The minimum absolute atomic E-state index is 0.0774. The maximum atomic E-state index is 12.0. The van der Waals surface area contributed by atoms with E-state index in [-0.39, 0.29) is 17.3 Å². The molecule has 4 nitrogen and oxygen atoms in total. The summed E-state index contributed by atoms with van der Waals surface area (Å²) in [7, 11) is 1.38. The van der Waals surface area contributed by atoms with Crippen LogP contribution >= 0.6 is 0 Å². The molecular formula is C15H10O4. The van der Waals surface area contributed by atoms with Gasteiger partial charge in [-0.2, -0.15) is 0 Å². The molecule has 0 spiro atoms. The molecule has 1 heterocycles. The third kappa shape index (κ3) is 1.78. The highest BCUT2D eigenvalue weighted by Crippen LogP contribution is 2.27. The number of hydrogen-bond donors (Lipinski definition) is 0. The molecule has 1 aromatic carbocycles. The van der Waals surface area contributed by atoms with Crippen molar-refractivity contribution in [2.45, 2.75) is 0 Å². The van der Waals surface area contributed by atoms with Gasteiger partial charge in [0.1, 0.15) is 0 Å². The minimum Gasteiger partial charge on any atom is -0.492 e. The van der Waals surface area contributed by atoms with Crippen LogP contribution in [0.3, 0.4) is 0 Å². The normalized spacial score (nSPS) is 14.1. The van der Waals surface area contributed by atoms with Crippen LogP contribution < -0.4 is 0 Å². The van der Waals surface area contributed by atoms with Crippen molar-refractivity contribution in [3.05, 3.63) is 59.8 Å². The van der Waals surface area contributed by atoms with Gasteiger partial charge in [0.25, 0.3) is 0 Å². The van der Waals surface area contributed by atoms with Gasteiger partial charge in [-0.15, -0.1) is 0 Å². The Balaban J connectivity index is 2.13. The lowest BCUT2D eigenvalue weighted by Crippen LogP contribution is -2.17. The van der Waals surface area contributed by atoms with Crippen LogP contribution in [0, 0.1) is 0 Å². The number of fused-ring (bicyclic) bond motifs is 1. The van der Waals surface area contributed by atoms with Gasteiger partial charge in [-0.05, 0) is 23.8 Å². The standard InChI is InChI=1S/C15H10O4/c1-18-14-7-13(16)12-6-9(10-4-5-19-8-10)2-3-11(12)15(14)17/h2-8H,1H3. The second kappa shape index (κ2) is 4.24. The first kappa shape index (κ1) is 11.5. The van der Waals surface area contributed by atoms with Crippen molar-refractivity contribution >= 4 is 11.6 Å². The first-order chi connectivity index (χ1) is 9.20. The zero-order valence-corrected chi connectivity index (χ0v) is 10.2. The molecule has 0 N–H and O–H groups in total. The molecule has 94 valence electrons. The van der Waals surface area contributed by atoms with Gasteiger partial charge in [-0.3, -0.25) is 9.59 Å². The number of Topliss-reactive ketones (excluding diaryl/α,β-unsaturated/α-hetero) is 1. The molecule has 1 aliphatic carbocycles. The van der Waals surface area contributed by atoms with E-state index in [1.807, 2.05) is 0 Å². The van der Waals surface area contributed by atoms with Crippen LogP contribution in [-0.4, -0.2) is 18.7 Å². The van der Waals surface area contributed by atoms with Crippen LogP contribution in [0.1, 0.15) is 20.7 Å². The van der Waals surface area contributed by atoms with Crippen molar-refractivity contribution in [2.24, 2.45) is 0 Å². The Kier molecular flexibility index (Phi) is 2.56. The molecule has 19 heavy (non-hydrogen) atoms. The Morgan fingerprint density at radius 2 is 1.89 bits per heavy atom. The van der Waals surface area contributed by atoms with Gasteiger partial charge in [0.2, 0.25) is 5.78 Å². The molecule has 0 unspecified atom stereocenters. The Labute approximate surface area is 109 Å². The summed E-state index contributed by atoms with van der Waals surface area (Å²) in [6, 6.07) is 6.92. The van der Waals surface area contributed by atoms with Crippen molar-refractivity contribution in [1.82, 2.24) is 0 Å². The van der Waals surface area contributed by atoms with Crippen molar-refractivity contribution in [3.63, 3.8) is 0 Å². The third-order valence-corrected chi connectivity index (χ3v) is 3.09. The number of carbonyl (C=O) groups is 2. The summed E-state index contributed by atoms with van der Waals surface area (Å²) in [4.78, 5) is 24.0. The summed E-state index contributed by atoms with van der Waals surface area (Å²) in [5.74, 6) is -0.416. The quantitative estimate of drug-likeness (QED) is 0.826. The van der Waals surface area contributed by atoms with Gasteiger partial charge in [-0.1, -0.05) is 6.07 Å². The monoisotopic (exact) mass is 254 g/mol. The zero-order chi connectivity index (χ0) is 13.4. The van der Waals surface area contributed by atoms with Crippen molar-refractivity contribution in [3.8, 4) is 11.1 Å². The van der Waals surface area contributed by atoms with E-state index in [4.69, 9.17) is 9.15 Å². The molecule has 1 aromatic heterocycles. The fourth-order valence-electron chi connectivity index (χ4n) is 2.10. The Hall–Kier alpha value is -2.62. The van der Waals surface area contributed by atoms with E-state index in [2.05, 4.69) is 0 Å². The Morgan fingerprint density at radius 1 is 1.05 bits per heavy atom. The second-order valence-corrected chi connectivity index (χ2v) is 4.18. The molecule has 0 fully saturated rings. The van der Waals surface area contributed by atoms with Gasteiger partial charge in [0.15, 0.2) is 11.5 Å². The largest absolute Gasteiger partial charge is 0.492 e. The van der Waals surface area contributed by atoms with Crippen LogP contribution in [-0.2, 0) is 4.74 Å². The van der Waals surface area contributed by atoms with E-state index in [1.54, 1.807) is 36.8 Å². The molecule has 0 radical (unpaired) electrons. The number of ketones is 2. The third-order valence-electron chi connectivity index (χ3n) is 3.09. The first-order valence-corrected chi connectivity index (χ1v) is 5.72. The highest BCUT2D eigenvalue weighted by atomic mass is 16.5. The van der Waals surface area contributed by atoms with E-state index in [9.17, 15) is 9.59 Å². The van der Waals surface area contributed by atoms with E-state index < -0.39 is 0 Å². The predicted molar refractivity (Wildman–Crippen MR) is 67.9 cm³/mol. The van der Waals surface area contributed by atoms with Gasteiger partial charge >= 0.3 is 0 Å². The van der Waals surface area contributed by atoms with Crippen LogP contribution in [0.4, 0.5) is 0 Å². The predicted octanol–water partition coefficient (Wildman–Crippen LogP) is 2.86. The maximum Gasteiger partial charge on any atom is 0.228 e. The lowest BCUT2D eigenvalue weighted by Gasteiger charge is -2.14. The van der Waals surface area contributed by atoms with E-state index in [0.717, 1.165) is 11.1 Å². The zero-order valence-electron chi connectivity index (χ0n) is 10.2. The maximum absolute atomic E-state index is 12.0. The summed E-state index contributed by atoms with van der Waals surface area (Å²) in [5.41, 5.74) is 2.47. The average Bonchev–Trinajstić information content (AvgIpc) is 2.96. The van der Waals surface area contributed by atoms with E-state index >= 15 is 0 Å². The van der Waals surface area contributed by atoms with Gasteiger partial charge in [0, 0.05) is 22.8 Å². The fraction of sp³-hybridized carbons (Fsp3) is 0.0667. The number of ether oxygens (including phenoxy) is 1. The molecule has 0 atom stereocenters. The highest BCUT2D eigenvalue weighted by molar-refractivity contribution is 6.24. The van der Waals surface area contributed by atoms with Crippen molar-refractivity contribution in [2.75, 3.05) is 7.11 Å². The molecule has 1 aliphatic rings. The second-order valence-electron chi connectivity index (χ2n) is 4.18. The molecule has 0 aliphatic heterocycles. The molecule has 4 heteroatoms. The number of carbonyl (C=O) groups excluding carboxylic acids is 2. The highest BCUT2D eigenvalue weighted by Gasteiger charge is 2.26. The summed E-state index contributed by atoms with van der Waals surface area (Å²) in [6.07, 6.45) is 4.38. The Bertz CT molecular complexity index is 693. The fourth-order valence-corrected chi connectivity index (χ4v) is 2.10. The van der Waals surface area contributed by atoms with Gasteiger partial charge in [-0.25, -0.2) is 0 Å². The molecule has 2 aromatic rings. The molecule has 0 amide bonds. The summed E-state index contributed by atoms with van der Waals surface area (Å²) >= 11 is 0. The molecule has 3 rings (SSSR count). The summed E-state index contributed by atoms with van der Waals surface area (Å²) in [6.45, 7) is 0. The molecule has 0 saturated carbocycles. The average molecular weight is 254 g/mol. The lowest BCUT2D eigenvalue weighted by molar-refractivity contribution is 0.0917. The van der Waals surface area contributed by atoms with Crippen LogP contribution in [0.2, 0.25) is 0 Å². The summed E-state index contributed by atoms with van der Waals surface area (Å²) in [5, 5.41) is 0. The molecule has 0 bridgehead atoms. The van der Waals surface area contributed by atoms with Gasteiger partial charge in [0.05, 0.1) is 19.6 Å². The smallest absolute Gasteiger partial charge is 0.228 e. The van der Waals surface area contributed by atoms with Crippen molar-refractivity contribution < 1.29 is 18.7 Å². The number of hydrogen-bond acceptors (Lipinski definition) is 4. The lowest BCUT2D eigenvalue weighted by atomic mass is 9.91. The first-order valence-electron chi connectivity index (χ1n) is 5.72. The van der Waals surface area contributed by atoms with Crippen molar-refractivity contribution in [1.29, 1.82) is 0 Å². The SMILES string of the molecule is COC1=CC(=O)c2cc(-c3ccoc3)ccc2C1=O.